The molecule has 6 heteroatoms. The zero-order valence-corrected chi connectivity index (χ0v) is 12.7. The van der Waals surface area contributed by atoms with E-state index in [0.29, 0.717) is 28.8 Å². The molecular formula is C16H14N2O3S. The van der Waals surface area contributed by atoms with Crippen molar-refractivity contribution in [2.45, 2.75) is 6.54 Å². The third-order valence-corrected chi connectivity index (χ3v) is 3.95. The van der Waals surface area contributed by atoms with Gasteiger partial charge in [-0.05, 0) is 23.6 Å². The molecule has 0 unspecified atom stereocenters. The number of carbonyl (C=O) groups is 1. The normalized spacial score (nSPS) is 10.4. The van der Waals surface area contributed by atoms with E-state index in [4.69, 9.17) is 9.15 Å². The summed E-state index contributed by atoms with van der Waals surface area (Å²) in [6, 6.07) is 11.4. The van der Waals surface area contributed by atoms with Crippen molar-refractivity contribution in [2.75, 3.05) is 7.11 Å². The molecule has 5 nitrogen and oxygen atoms in total. The molecule has 2 heterocycles. The fraction of sp³-hybridized carbons (Fsp3) is 0.125. The van der Waals surface area contributed by atoms with Crippen LogP contribution >= 0.6 is 11.3 Å². The van der Waals surface area contributed by atoms with Crippen molar-refractivity contribution >= 4 is 17.2 Å². The maximum absolute atomic E-state index is 12.1. The summed E-state index contributed by atoms with van der Waals surface area (Å²) in [4.78, 5) is 17.0. The Hall–Kier alpha value is -2.60. The fourth-order valence-electron chi connectivity index (χ4n) is 1.98. The number of methoxy groups -OCH3 is 1. The number of nitrogens with zero attached hydrogens (tertiary/aromatic N) is 1. The molecule has 0 atom stereocenters. The Kier molecular flexibility index (Phi) is 4.20. The minimum atomic E-state index is -0.184. The second-order valence-electron chi connectivity index (χ2n) is 4.51. The highest BCUT2D eigenvalue weighted by Crippen LogP contribution is 2.24. The molecule has 0 saturated carbocycles. The number of amides is 1. The van der Waals surface area contributed by atoms with Crippen LogP contribution in [0.5, 0.6) is 5.75 Å². The van der Waals surface area contributed by atoms with Crippen LogP contribution in [0, 0.1) is 0 Å². The van der Waals surface area contributed by atoms with E-state index in [0.717, 1.165) is 5.56 Å². The summed E-state index contributed by atoms with van der Waals surface area (Å²) in [5.74, 6) is 0.933. The highest BCUT2D eigenvalue weighted by atomic mass is 32.1. The number of hydrogen-bond acceptors (Lipinski definition) is 5. The van der Waals surface area contributed by atoms with Crippen LogP contribution in [0.4, 0.5) is 0 Å². The number of nitrogens with one attached hydrogen (secondary N) is 1. The lowest BCUT2D eigenvalue weighted by Crippen LogP contribution is -2.22. The first-order valence-corrected chi connectivity index (χ1v) is 7.55. The predicted molar refractivity (Wildman–Crippen MR) is 84.0 cm³/mol. The number of rotatable bonds is 5. The molecule has 0 aliphatic carbocycles. The van der Waals surface area contributed by atoms with Gasteiger partial charge in [-0.3, -0.25) is 4.79 Å². The van der Waals surface area contributed by atoms with E-state index in [2.05, 4.69) is 10.3 Å². The van der Waals surface area contributed by atoms with Crippen LogP contribution in [-0.4, -0.2) is 18.0 Å². The van der Waals surface area contributed by atoms with Crippen molar-refractivity contribution in [1.29, 1.82) is 0 Å². The van der Waals surface area contributed by atoms with Gasteiger partial charge in [-0.25, -0.2) is 4.98 Å². The van der Waals surface area contributed by atoms with E-state index in [-0.39, 0.29) is 5.91 Å². The highest BCUT2D eigenvalue weighted by molar-refractivity contribution is 7.12. The Morgan fingerprint density at radius 2 is 2.14 bits per heavy atom. The molecule has 0 radical (unpaired) electrons. The topological polar surface area (TPSA) is 64.4 Å². The summed E-state index contributed by atoms with van der Waals surface area (Å²) < 4.78 is 10.6. The Labute approximate surface area is 131 Å². The Balaban J connectivity index is 1.65. The zero-order chi connectivity index (χ0) is 15.4. The lowest BCUT2D eigenvalue weighted by molar-refractivity contribution is 0.0952. The second-order valence-corrected chi connectivity index (χ2v) is 5.43. The molecule has 0 saturated heterocycles. The maximum Gasteiger partial charge on any atom is 0.265 e. The number of ether oxygens (including phenoxy) is 1. The fourth-order valence-corrected chi connectivity index (χ4v) is 2.75. The Morgan fingerprint density at radius 3 is 2.91 bits per heavy atom. The van der Waals surface area contributed by atoms with Gasteiger partial charge in [0.25, 0.3) is 5.91 Å². The first-order valence-electron chi connectivity index (χ1n) is 6.67. The SMILES string of the molecule is COc1ccsc1C(=O)NCc1coc(-c2ccccc2)n1. The number of oxazole rings is 1. The Bertz CT molecular complexity index is 765. The minimum absolute atomic E-state index is 0.184. The molecule has 3 aromatic rings. The van der Waals surface area contributed by atoms with Gasteiger partial charge in [-0.2, -0.15) is 0 Å². The van der Waals surface area contributed by atoms with Gasteiger partial charge in [0.05, 0.1) is 19.3 Å². The van der Waals surface area contributed by atoms with E-state index in [1.807, 2.05) is 35.7 Å². The predicted octanol–water partition coefficient (Wildman–Crippen LogP) is 3.34. The molecule has 2 aromatic heterocycles. The third-order valence-electron chi connectivity index (χ3n) is 3.06. The van der Waals surface area contributed by atoms with Gasteiger partial charge in [0, 0.05) is 5.56 Å². The number of aromatic nitrogens is 1. The van der Waals surface area contributed by atoms with Gasteiger partial charge < -0.3 is 14.5 Å². The van der Waals surface area contributed by atoms with Crippen molar-refractivity contribution in [3.63, 3.8) is 0 Å². The van der Waals surface area contributed by atoms with E-state index in [9.17, 15) is 4.79 Å². The van der Waals surface area contributed by atoms with Crippen molar-refractivity contribution in [3.05, 3.63) is 58.6 Å². The average molecular weight is 314 g/mol. The Morgan fingerprint density at radius 1 is 1.32 bits per heavy atom. The van der Waals surface area contributed by atoms with Crippen molar-refractivity contribution in [2.24, 2.45) is 0 Å². The van der Waals surface area contributed by atoms with Crippen LogP contribution in [-0.2, 0) is 6.54 Å². The van der Waals surface area contributed by atoms with Crippen molar-refractivity contribution in [3.8, 4) is 17.2 Å². The van der Waals surface area contributed by atoms with Crippen LogP contribution in [0.1, 0.15) is 15.4 Å². The first kappa shape index (κ1) is 14.3. The molecule has 3 rings (SSSR count). The number of carbonyl (C=O) groups excluding carboxylic acids is 1. The largest absolute Gasteiger partial charge is 0.495 e. The molecule has 1 amide bonds. The van der Waals surface area contributed by atoms with Crippen molar-refractivity contribution < 1.29 is 13.9 Å². The van der Waals surface area contributed by atoms with Crippen LogP contribution in [0.3, 0.4) is 0 Å². The molecule has 22 heavy (non-hydrogen) atoms. The molecule has 0 fully saturated rings. The average Bonchev–Trinajstić information content (AvgIpc) is 3.22. The molecule has 0 bridgehead atoms. The lowest BCUT2D eigenvalue weighted by atomic mass is 10.2. The molecule has 0 spiro atoms. The summed E-state index contributed by atoms with van der Waals surface area (Å²) in [5, 5.41) is 4.63. The maximum atomic E-state index is 12.1. The van der Waals surface area contributed by atoms with E-state index in [1.165, 1.54) is 11.3 Å². The van der Waals surface area contributed by atoms with Crippen LogP contribution in [0.25, 0.3) is 11.5 Å². The molecular weight excluding hydrogens is 300 g/mol. The summed E-state index contributed by atoms with van der Waals surface area (Å²) in [6.45, 7) is 0.302. The van der Waals surface area contributed by atoms with Gasteiger partial charge in [0.2, 0.25) is 5.89 Å². The smallest absolute Gasteiger partial charge is 0.265 e. The van der Waals surface area contributed by atoms with Gasteiger partial charge in [0.15, 0.2) is 0 Å². The number of hydrogen-bond donors (Lipinski definition) is 1. The van der Waals surface area contributed by atoms with Gasteiger partial charge in [-0.1, -0.05) is 18.2 Å². The van der Waals surface area contributed by atoms with Gasteiger partial charge in [0.1, 0.15) is 16.9 Å². The van der Waals surface area contributed by atoms with Crippen molar-refractivity contribution in [1.82, 2.24) is 10.3 Å². The molecule has 1 N–H and O–H groups in total. The molecule has 112 valence electrons. The van der Waals surface area contributed by atoms with Gasteiger partial charge >= 0.3 is 0 Å². The van der Waals surface area contributed by atoms with E-state index >= 15 is 0 Å². The molecule has 0 aliphatic heterocycles. The second kappa shape index (κ2) is 6.44. The summed E-state index contributed by atoms with van der Waals surface area (Å²) >= 11 is 1.34. The third kappa shape index (κ3) is 3.01. The lowest BCUT2D eigenvalue weighted by Gasteiger charge is -2.03. The summed E-state index contributed by atoms with van der Waals surface area (Å²) in [6.07, 6.45) is 1.55. The quantitative estimate of drug-likeness (QED) is 0.784. The standard InChI is InChI=1S/C16H14N2O3S/c1-20-13-7-8-22-14(13)15(19)17-9-12-10-21-16(18-12)11-5-3-2-4-6-11/h2-8,10H,9H2,1H3,(H,17,19). The number of benzene rings is 1. The molecule has 0 aliphatic rings. The highest BCUT2D eigenvalue weighted by Gasteiger charge is 2.14. The summed E-state index contributed by atoms with van der Waals surface area (Å²) in [7, 11) is 1.54. The van der Waals surface area contributed by atoms with E-state index < -0.39 is 0 Å². The molecule has 1 aromatic carbocycles. The number of thiophene rings is 1. The van der Waals surface area contributed by atoms with Crippen LogP contribution in [0.15, 0.2) is 52.5 Å². The summed E-state index contributed by atoms with van der Waals surface area (Å²) in [5.41, 5.74) is 1.57. The zero-order valence-electron chi connectivity index (χ0n) is 11.9. The monoisotopic (exact) mass is 314 g/mol. The van der Waals surface area contributed by atoms with Crippen LogP contribution in [0.2, 0.25) is 0 Å². The van der Waals surface area contributed by atoms with E-state index in [1.54, 1.807) is 19.4 Å². The minimum Gasteiger partial charge on any atom is -0.495 e. The van der Waals surface area contributed by atoms with Gasteiger partial charge in [-0.15, -0.1) is 11.3 Å². The first-order chi connectivity index (χ1) is 10.8. The van der Waals surface area contributed by atoms with Crippen LogP contribution < -0.4 is 10.1 Å².